The molecule has 182 valence electrons. The van der Waals surface area contributed by atoms with E-state index in [9.17, 15) is 14.7 Å². The van der Waals surface area contributed by atoms with E-state index >= 15 is 0 Å². The number of aliphatic hydroxyl groups is 1. The first-order valence-electron chi connectivity index (χ1n) is 12.0. The fraction of sp³-hybridized carbons (Fsp3) is 0.370. The molecule has 2 aromatic heterocycles. The highest BCUT2D eigenvalue weighted by Gasteiger charge is 2.46. The molecule has 2 fully saturated rings. The van der Waals surface area contributed by atoms with E-state index in [2.05, 4.69) is 9.88 Å². The Hall–Kier alpha value is -3.49. The van der Waals surface area contributed by atoms with Crippen LogP contribution in [-0.2, 0) is 14.3 Å². The molecule has 0 radical (unpaired) electrons. The summed E-state index contributed by atoms with van der Waals surface area (Å²) >= 11 is 0. The summed E-state index contributed by atoms with van der Waals surface area (Å²) in [6, 6.07) is 10.9. The Kier molecular flexibility index (Phi) is 6.17. The minimum Gasteiger partial charge on any atom is -0.505 e. The van der Waals surface area contributed by atoms with Gasteiger partial charge in [-0.25, -0.2) is 4.98 Å². The molecule has 0 unspecified atom stereocenters. The molecule has 0 saturated carbocycles. The van der Waals surface area contributed by atoms with Crippen LogP contribution in [0.3, 0.4) is 0 Å². The number of ketones is 1. The van der Waals surface area contributed by atoms with Crippen molar-refractivity contribution in [3.8, 4) is 0 Å². The zero-order valence-corrected chi connectivity index (χ0v) is 20.3. The molecule has 8 nitrogen and oxygen atoms in total. The number of aryl methyl sites for hydroxylation is 3. The Morgan fingerprint density at radius 3 is 2.49 bits per heavy atom. The van der Waals surface area contributed by atoms with Crippen molar-refractivity contribution in [3.05, 3.63) is 76.2 Å². The van der Waals surface area contributed by atoms with Crippen LogP contribution in [0.15, 0.2) is 48.2 Å². The number of morpholine rings is 1. The molecule has 1 N–H and O–H groups in total. The van der Waals surface area contributed by atoms with Crippen molar-refractivity contribution in [1.29, 1.82) is 0 Å². The van der Waals surface area contributed by atoms with Gasteiger partial charge in [-0.15, -0.1) is 0 Å². The molecule has 2 aliphatic rings. The number of hydrogen-bond acceptors (Lipinski definition) is 6. The van der Waals surface area contributed by atoms with Crippen LogP contribution in [0.4, 0.5) is 0 Å². The largest absolute Gasteiger partial charge is 0.505 e. The highest BCUT2D eigenvalue weighted by molar-refractivity contribution is 6.46. The number of benzene rings is 1. The Labute approximate surface area is 204 Å². The predicted molar refractivity (Wildman–Crippen MR) is 132 cm³/mol. The third-order valence-electron chi connectivity index (χ3n) is 6.94. The number of Topliss-reactive ketones (excluding diaryl/α,β-unsaturated/α-hetero) is 1. The summed E-state index contributed by atoms with van der Waals surface area (Å²) in [5, 5.41) is 11.6. The Balaban J connectivity index is 1.62. The lowest BCUT2D eigenvalue weighted by Crippen LogP contribution is -2.42. The molecule has 2 saturated heterocycles. The Bertz CT molecular complexity index is 1320. The smallest absolute Gasteiger partial charge is 0.295 e. The van der Waals surface area contributed by atoms with Gasteiger partial charge in [0.25, 0.3) is 11.7 Å². The fourth-order valence-electron chi connectivity index (χ4n) is 5.01. The molecule has 1 atom stereocenters. The third-order valence-corrected chi connectivity index (χ3v) is 6.94. The van der Waals surface area contributed by atoms with Gasteiger partial charge in [0.05, 0.1) is 30.5 Å². The molecule has 8 heteroatoms. The predicted octanol–water partition coefficient (Wildman–Crippen LogP) is 3.01. The van der Waals surface area contributed by atoms with E-state index in [1.807, 2.05) is 56.4 Å². The molecule has 3 aromatic rings. The average Bonchev–Trinajstić information content (AvgIpc) is 3.33. The second kappa shape index (κ2) is 9.28. The van der Waals surface area contributed by atoms with Gasteiger partial charge in [0.2, 0.25) is 0 Å². The van der Waals surface area contributed by atoms with Crippen molar-refractivity contribution in [2.24, 2.45) is 0 Å². The van der Waals surface area contributed by atoms with Gasteiger partial charge in [0.1, 0.15) is 11.3 Å². The van der Waals surface area contributed by atoms with E-state index < -0.39 is 17.7 Å². The van der Waals surface area contributed by atoms with Gasteiger partial charge in [0.15, 0.2) is 5.76 Å². The first kappa shape index (κ1) is 23.3. The maximum atomic E-state index is 13.4. The zero-order valence-electron chi connectivity index (χ0n) is 20.3. The van der Waals surface area contributed by atoms with Crippen LogP contribution in [0, 0.1) is 20.8 Å². The maximum Gasteiger partial charge on any atom is 0.295 e. The molecule has 5 rings (SSSR count). The number of amides is 1. The van der Waals surface area contributed by atoms with Gasteiger partial charge in [0, 0.05) is 32.4 Å². The van der Waals surface area contributed by atoms with E-state index in [1.165, 1.54) is 0 Å². The summed E-state index contributed by atoms with van der Waals surface area (Å²) < 4.78 is 7.22. The standard InChI is InChI=1S/C27H30N4O4/c1-17-6-8-20(9-7-17)23-21(24(32)22-19(3)28-26-18(2)5-4-10-30(22)26)25(33)27(34)31(23)12-11-29-13-15-35-16-14-29/h4-10,23,32H,11-16H2,1-3H3/t23-/m0/s1. The number of aromatic nitrogens is 2. The lowest BCUT2D eigenvalue weighted by Gasteiger charge is -2.31. The number of fused-ring (bicyclic) bond motifs is 1. The Morgan fingerprint density at radius 1 is 1.06 bits per heavy atom. The van der Waals surface area contributed by atoms with Crippen LogP contribution in [0.5, 0.6) is 0 Å². The summed E-state index contributed by atoms with van der Waals surface area (Å²) in [5.74, 6) is -1.46. The van der Waals surface area contributed by atoms with E-state index in [4.69, 9.17) is 4.74 Å². The quantitative estimate of drug-likeness (QED) is 0.348. The maximum absolute atomic E-state index is 13.4. The van der Waals surface area contributed by atoms with Crippen molar-refractivity contribution >= 4 is 23.1 Å². The number of nitrogens with zero attached hydrogens (tertiary/aromatic N) is 4. The molecule has 1 amide bonds. The molecule has 0 bridgehead atoms. The van der Waals surface area contributed by atoms with Crippen molar-refractivity contribution in [3.63, 3.8) is 0 Å². The molecule has 4 heterocycles. The molecular weight excluding hydrogens is 444 g/mol. The molecule has 0 spiro atoms. The number of rotatable bonds is 5. The summed E-state index contributed by atoms with van der Waals surface area (Å²) in [7, 11) is 0. The number of hydrogen-bond donors (Lipinski definition) is 1. The number of carbonyl (C=O) groups excluding carboxylic acids is 2. The van der Waals surface area contributed by atoms with Crippen molar-refractivity contribution < 1.29 is 19.4 Å². The number of carbonyl (C=O) groups is 2. The summed E-state index contributed by atoms with van der Waals surface area (Å²) in [4.78, 5) is 35.1. The van der Waals surface area contributed by atoms with Gasteiger partial charge in [-0.05, 0) is 38.0 Å². The van der Waals surface area contributed by atoms with E-state index in [1.54, 1.807) is 16.2 Å². The van der Waals surface area contributed by atoms with Crippen molar-refractivity contribution in [2.75, 3.05) is 39.4 Å². The van der Waals surface area contributed by atoms with Gasteiger partial charge in [-0.3, -0.25) is 18.9 Å². The second-order valence-corrected chi connectivity index (χ2v) is 9.29. The molecular formula is C27H30N4O4. The van der Waals surface area contributed by atoms with Crippen LogP contribution < -0.4 is 0 Å². The van der Waals surface area contributed by atoms with Crippen LogP contribution in [0.1, 0.15) is 34.1 Å². The molecule has 1 aromatic carbocycles. The zero-order chi connectivity index (χ0) is 24.7. The first-order valence-corrected chi connectivity index (χ1v) is 12.0. The highest BCUT2D eigenvalue weighted by atomic mass is 16.5. The third kappa shape index (κ3) is 4.13. The average molecular weight is 475 g/mol. The number of pyridine rings is 1. The summed E-state index contributed by atoms with van der Waals surface area (Å²) in [5.41, 5.74) is 4.67. The minimum absolute atomic E-state index is 0.104. The van der Waals surface area contributed by atoms with Gasteiger partial charge >= 0.3 is 0 Å². The van der Waals surface area contributed by atoms with Crippen molar-refractivity contribution in [1.82, 2.24) is 19.2 Å². The molecule has 0 aliphatic carbocycles. The summed E-state index contributed by atoms with van der Waals surface area (Å²) in [6.07, 6.45) is 1.81. The number of likely N-dealkylation sites (tertiary alicyclic amines) is 1. The number of aliphatic hydroxyl groups excluding tert-OH is 1. The van der Waals surface area contributed by atoms with Gasteiger partial charge in [-0.2, -0.15) is 0 Å². The van der Waals surface area contributed by atoms with E-state index in [0.29, 0.717) is 43.3 Å². The lowest BCUT2D eigenvalue weighted by molar-refractivity contribution is -0.140. The Morgan fingerprint density at radius 2 is 1.77 bits per heavy atom. The first-order chi connectivity index (χ1) is 16.9. The fourth-order valence-corrected chi connectivity index (χ4v) is 5.01. The topological polar surface area (TPSA) is 87.4 Å². The molecule has 2 aliphatic heterocycles. The van der Waals surface area contributed by atoms with Crippen LogP contribution in [0.2, 0.25) is 0 Å². The van der Waals surface area contributed by atoms with E-state index in [0.717, 1.165) is 29.8 Å². The van der Waals surface area contributed by atoms with Crippen LogP contribution in [0.25, 0.3) is 11.4 Å². The normalized spacial score (nSPS) is 20.8. The van der Waals surface area contributed by atoms with Gasteiger partial charge in [-0.1, -0.05) is 35.9 Å². The monoisotopic (exact) mass is 474 g/mol. The molecule has 35 heavy (non-hydrogen) atoms. The van der Waals surface area contributed by atoms with Crippen molar-refractivity contribution in [2.45, 2.75) is 26.8 Å². The second-order valence-electron chi connectivity index (χ2n) is 9.29. The number of ether oxygens (including phenoxy) is 1. The van der Waals surface area contributed by atoms with E-state index in [-0.39, 0.29) is 11.3 Å². The van der Waals surface area contributed by atoms with Crippen LogP contribution >= 0.6 is 0 Å². The number of imidazole rings is 1. The van der Waals surface area contributed by atoms with Crippen LogP contribution in [-0.4, -0.2) is 75.4 Å². The highest BCUT2D eigenvalue weighted by Crippen LogP contribution is 2.40. The summed E-state index contributed by atoms with van der Waals surface area (Å²) in [6.45, 7) is 9.65. The van der Waals surface area contributed by atoms with Gasteiger partial charge < -0.3 is 14.7 Å². The SMILES string of the molecule is Cc1ccc([C@H]2C(=C(O)c3c(C)nc4c(C)cccn34)C(=O)C(=O)N2CCN2CCOCC2)cc1. The minimum atomic E-state index is -0.675. The lowest BCUT2D eigenvalue weighted by atomic mass is 9.95.